The zero-order valence-corrected chi connectivity index (χ0v) is 13.9. The number of carbonyl (C=O) groups excluding carboxylic acids is 1. The number of nitrogens with one attached hydrogen (secondary N) is 1. The van der Waals surface area contributed by atoms with Crippen LogP contribution in [0.25, 0.3) is 0 Å². The molecule has 122 valence electrons. The van der Waals surface area contributed by atoms with Gasteiger partial charge in [0.25, 0.3) is 0 Å². The first-order valence-electron chi connectivity index (χ1n) is 7.23. The van der Waals surface area contributed by atoms with Crippen molar-refractivity contribution >= 4 is 21.4 Å². The molecule has 1 amide bonds. The molecule has 2 aromatic rings. The van der Waals surface area contributed by atoms with E-state index in [1.54, 1.807) is 36.4 Å². The van der Waals surface area contributed by atoms with Crippen LogP contribution in [0.5, 0.6) is 5.75 Å². The van der Waals surface area contributed by atoms with Crippen molar-refractivity contribution in [3.05, 3.63) is 54.1 Å². The number of carbonyl (C=O) groups is 1. The molecule has 0 saturated carbocycles. The molecule has 1 N–H and O–H groups in total. The lowest BCUT2D eigenvalue weighted by atomic mass is 10.2. The van der Waals surface area contributed by atoms with Gasteiger partial charge in [-0.25, -0.2) is 8.42 Å². The number of amides is 1. The highest BCUT2D eigenvalue weighted by molar-refractivity contribution is 7.92. The Morgan fingerprint density at radius 2 is 1.74 bits per heavy atom. The minimum Gasteiger partial charge on any atom is -0.492 e. The van der Waals surface area contributed by atoms with Gasteiger partial charge in [-0.1, -0.05) is 29.8 Å². The Morgan fingerprint density at radius 3 is 2.39 bits per heavy atom. The quantitative estimate of drug-likeness (QED) is 0.882. The number of aryl methyl sites for hydroxylation is 1. The monoisotopic (exact) mass is 333 g/mol. The molecule has 0 aliphatic heterocycles. The molecular formula is C17H19NO4S. The predicted molar refractivity (Wildman–Crippen MR) is 89.5 cm³/mol. The average molecular weight is 333 g/mol. The molecule has 0 bridgehead atoms. The van der Waals surface area contributed by atoms with Crippen LogP contribution in [0.15, 0.2) is 53.4 Å². The highest BCUT2D eigenvalue weighted by Gasteiger charge is 2.20. The van der Waals surface area contributed by atoms with E-state index in [9.17, 15) is 13.2 Å². The lowest BCUT2D eigenvalue weighted by molar-refractivity contribution is -0.113. The van der Waals surface area contributed by atoms with Crippen LogP contribution in [0.2, 0.25) is 0 Å². The van der Waals surface area contributed by atoms with Gasteiger partial charge in [-0.2, -0.15) is 0 Å². The fourth-order valence-corrected chi connectivity index (χ4v) is 3.17. The maximum Gasteiger partial charge on any atom is 0.240 e. The number of hydrogen-bond acceptors (Lipinski definition) is 4. The van der Waals surface area contributed by atoms with Crippen LogP contribution in [-0.2, 0) is 14.6 Å². The zero-order chi connectivity index (χ0) is 16.9. The van der Waals surface area contributed by atoms with E-state index >= 15 is 0 Å². The second-order valence-electron chi connectivity index (χ2n) is 5.05. The Kier molecular flexibility index (Phi) is 5.39. The summed E-state index contributed by atoms with van der Waals surface area (Å²) in [4.78, 5) is 12.2. The third kappa shape index (κ3) is 4.56. The Bertz CT molecular complexity index is 782. The van der Waals surface area contributed by atoms with Crippen LogP contribution >= 0.6 is 0 Å². The van der Waals surface area contributed by atoms with E-state index in [4.69, 9.17) is 4.74 Å². The molecule has 2 aromatic carbocycles. The van der Waals surface area contributed by atoms with Gasteiger partial charge in [-0.05, 0) is 38.1 Å². The molecule has 0 aliphatic carbocycles. The molecule has 0 unspecified atom stereocenters. The van der Waals surface area contributed by atoms with Crippen LogP contribution < -0.4 is 10.1 Å². The van der Waals surface area contributed by atoms with Gasteiger partial charge in [0.1, 0.15) is 11.5 Å². The van der Waals surface area contributed by atoms with Gasteiger partial charge in [0.05, 0.1) is 17.2 Å². The molecule has 0 radical (unpaired) electrons. The molecule has 2 rings (SSSR count). The molecule has 0 aromatic heterocycles. The van der Waals surface area contributed by atoms with Gasteiger partial charge in [-0.15, -0.1) is 0 Å². The third-order valence-corrected chi connectivity index (χ3v) is 4.79. The van der Waals surface area contributed by atoms with Gasteiger partial charge in [0, 0.05) is 0 Å². The third-order valence-electron chi connectivity index (χ3n) is 3.16. The van der Waals surface area contributed by atoms with Crippen LogP contribution in [0, 0.1) is 6.92 Å². The molecule has 0 heterocycles. The van der Waals surface area contributed by atoms with Gasteiger partial charge in [-0.3, -0.25) is 4.79 Å². The fourth-order valence-electron chi connectivity index (χ4n) is 2.04. The SMILES string of the molecule is CCOc1ccccc1NC(=O)CS(=O)(=O)c1ccc(C)cc1. The van der Waals surface area contributed by atoms with Crippen molar-refractivity contribution in [2.24, 2.45) is 0 Å². The lowest BCUT2D eigenvalue weighted by Gasteiger charge is -2.11. The molecule has 0 aliphatic rings. The molecular weight excluding hydrogens is 314 g/mol. The topological polar surface area (TPSA) is 72.5 Å². The van der Waals surface area contributed by atoms with Crippen molar-refractivity contribution in [1.82, 2.24) is 0 Å². The Morgan fingerprint density at radius 1 is 1.09 bits per heavy atom. The highest BCUT2D eigenvalue weighted by atomic mass is 32.2. The average Bonchev–Trinajstić information content (AvgIpc) is 2.49. The number of rotatable bonds is 6. The largest absolute Gasteiger partial charge is 0.492 e. The van der Waals surface area contributed by atoms with E-state index in [0.717, 1.165) is 5.56 Å². The molecule has 23 heavy (non-hydrogen) atoms. The van der Waals surface area contributed by atoms with Crippen LogP contribution in [-0.4, -0.2) is 26.7 Å². The summed E-state index contributed by atoms with van der Waals surface area (Å²) in [7, 11) is -3.67. The summed E-state index contributed by atoms with van der Waals surface area (Å²) in [6.45, 7) is 4.16. The van der Waals surface area contributed by atoms with Gasteiger partial charge >= 0.3 is 0 Å². The number of sulfone groups is 1. The van der Waals surface area contributed by atoms with Crippen molar-refractivity contribution in [1.29, 1.82) is 0 Å². The lowest BCUT2D eigenvalue weighted by Crippen LogP contribution is -2.23. The molecule has 6 heteroatoms. The Hall–Kier alpha value is -2.34. The summed E-state index contributed by atoms with van der Waals surface area (Å²) < 4.78 is 29.9. The minimum absolute atomic E-state index is 0.136. The van der Waals surface area contributed by atoms with Crippen molar-refractivity contribution in [3.8, 4) is 5.75 Å². The molecule has 0 fully saturated rings. The summed E-state index contributed by atoms with van der Waals surface area (Å²) in [5.41, 5.74) is 1.41. The number of anilines is 1. The fraction of sp³-hybridized carbons (Fsp3) is 0.235. The van der Waals surface area contributed by atoms with Gasteiger partial charge in [0.15, 0.2) is 9.84 Å². The minimum atomic E-state index is -3.67. The van der Waals surface area contributed by atoms with Crippen LogP contribution in [0.3, 0.4) is 0 Å². The van der Waals surface area contributed by atoms with Crippen molar-refractivity contribution in [2.45, 2.75) is 18.7 Å². The van der Waals surface area contributed by atoms with Crippen molar-refractivity contribution in [3.63, 3.8) is 0 Å². The number of hydrogen-bond donors (Lipinski definition) is 1. The molecule has 0 spiro atoms. The van der Waals surface area contributed by atoms with E-state index in [-0.39, 0.29) is 4.90 Å². The van der Waals surface area contributed by atoms with Gasteiger partial charge in [0.2, 0.25) is 5.91 Å². The van der Waals surface area contributed by atoms with E-state index in [2.05, 4.69) is 5.32 Å². The van der Waals surface area contributed by atoms with Crippen molar-refractivity contribution < 1.29 is 17.9 Å². The second kappa shape index (κ2) is 7.28. The normalized spacial score (nSPS) is 11.0. The number of para-hydroxylation sites is 2. The summed E-state index contributed by atoms with van der Waals surface area (Å²) >= 11 is 0. The maximum absolute atomic E-state index is 12.3. The first-order valence-corrected chi connectivity index (χ1v) is 8.88. The van der Waals surface area contributed by atoms with E-state index in [0.29, 0.717) is 18.0 Å². The second-order valence-corrected chi connectivity index (χ2v) is 7.04. The smallest absolute Gasteiger partial charge is 0.240 e. The van der Waals surface area contributed by atoms with E-state index in [1.165, 1.54) is 12.1 Å². The first kappa shape index (κ1) is 17.0. The standard InChI is InChI=1S/C17H19NO4S/c1-3-22-16-7-5-4-6-15(16)18-17(19)12-23(20,21)14-10-8-13(2)9-11-14/h4-11H,3,12H2,1-2H3,(H,18,19). The van der Waals surface area contributed by atoms with E-state index in [1.807, 2.05) is 13.8 Å². The highest BCUT2D eigenvalue weighted by Crippen LogP contribution is 2.24. The molecule has 5 nitrogen and oxygen atoms in total. The summed E-state index contributed by atoms with van der Waals surface area (Å²) in [5, 5.41) is 2.59. The maximum atomic E-state index is 12.3. The van der Waals surface area contributed by atoms with E-state index < -0.39 is 21.5 Å². The van der Waals surface area contributed by atoms with Gasteiger partial charge < -0.3 is 10.1 Å². The molecule has 0 atom stereocenters. The zero-order valence-electron chi connectivity index (χ0n) is 13.1. The van der Waals surface area contributed by atoms with Crippen LogP contribution in [0.4, 0.5) is 5.69 Å². The van der Waals surface area contributed by atoms with Crippen LogP contribution in [0.1, 0.15) is 12.5 Å². The number of benzene rings is 2. The Balaban J connectivity index is 2.11. The Labute approximate surface area is 136 Å². The first-order chi connectivity index (χ1) is 10.9. The predicted octanol–water partition coefficient (Wildman–Crippen LogP) is 2.81. The number of ether oxygens (including phenoxy) is 1. The van der Waals surface area contributed by atoms with Crippen molar-refractivity contribution in [2.75, 3.05) is 17.7 Å². The summed E-state index contributed by atoms with van der Waals surface area (Å²) in [6, 6.07) is 13.3. The summed E-state index contributed by atoms with van der Waals surface area (Å²) in [5.74, 6) is -0.704. The summed E-state index contributed by atoms with van der Waals surface area (Å²) in [6.07, 6.45) is 0. The molecule has 0 saturated heterocycles.